The Kier molecular flexibility index (Phi) is 6.73. The van der Waals surface area contributed by atoms with Gasteiger partial charge >= 0.3 is 11.9 Å². The molecule has 0 radical (unpaired) electrons. The minimum atomic E-state index is -1.82. The second-order valence-electron chi connectivity index (χ2n) is 6.40. The van der Waals surface area contributed by atoms with Gasteiger partial charge in [0.15, 0.2) is 6.23 Å². The van der Waals surface area contributed by atoms with Crippen molar-refractivity contribution in [2.45, 2.75) is 19.6 Å². The maximum absolute atomic E-state index is 9.10. The fourth-order valence-electron chi connectivity index (χ4n) is 2.79. The number of nitrogens with zero attached hydrogens (tertiary/aromatic N) is 1. The van der Waals surface area contributed by atoms with E-state index in [4.69, 9.17) is 24.5 Å². The van der Waals surface area contributed by atoms with E-state index in [0.29, 0.717) is 0 Å². The van der Waals surface area contributed by atoms with Crippen molar-refractivity contribution in [3.63, 3.8) is 0 Å². The number of carboxylic acids is 2. The first-order chi connectivity index (χ1) is 12.8. The van der Waals surface area contributed by atoms with Gasteiger partial charge in [0.25, 0.3) is 0 Å². The number of aliphatic carboxylic acids is 2. The van der Waals surface area contributed by atoms with Crippen LogP contribution < -0.4 is 4.74 Å². The second-order valence-corrected chi connectivity index (χ2v) is 6.40. The first-order valence-corrected chi connectivity index (χ1v) is 8.43. The summed E-state index contributed by atoms with van der Waals surface area (Å²) < 4.78 is 6.28. The molecule has 2 N–H and O–H groups in total. The number of hydrogen-bond donors (Lipinski definition) is 2. The van der Waals surface area contributed by atoms with Crippen LogP contribution in [-0.2, 0) is 16.0 Å². The monoisotopic (exact) mass is 369 g/mol. The van der Waals surface area contributed by atoms with Crippen LogP contribution in [-0.4, -0.2) is 47.4 Å². The van der Waals surface area contributed by atoms with Crippen molar-refractivity contribution in [3.05, 3.63) is 70.8 Å². The number of likely N-dealkylation sites (N-methyl/N-ethyl adjacent to an activating group) is 1. The number of carboxylic acid groups (broad SMARTS) is 2. The Labute approximate surface area is 158 Å². The third kappa shape index (κ3) is 5.43. The molecule has 0 aliphatic heterocycles. The third-order valence-electron chi connectivity index (χ3n) is 4.09. The summed E-state index contributed by atoms with van der Waals surface area (Å²) >= 11 is 0. The molecule has 6 heteroatoms. The van der Waals surface area contributed by atoms with Crippen molar-refractivity contribution in [2.24, 2.45) is 0 Å². The first-order valence-electron chi connectivity index (χ1n) is 8.43. The summed E-state index contributed by atoms with van der Waals surface area (Å²) in [5, 5.41) is 14.8. The summed E-state index contributed by atoms with van der Waals surface area (Å²) in [5.41, 5.74) is 5.17. The summed E-state index contributed by atoms with van der Waals surface area (Å²) in [6.45, 7) is 2.08. The Morgan fingerprint density at radius 1 is 1.00 bits per heavy atom. The molecule has 0 saturated heterocycles. The Balaban J connectivity index is 0.000000380. The molecular weight excluding hydrogens is 346 g/mol. The molecule has 2 aromatic carbocycles. The maximum Gasteiger partial charge on any atom is 0.414 e. The summed E-state index contributed by atoms with van der Waals surface area (Å²) in [7, 11) is 4.12. The van der Waals surface area contributed by atoms with Gasteiger partial charge in [0.05, 0.1) is 0 Å². The standard InChI is InChI=1S/C19H21NO.C2H2O4/c1-14-8-4-7-11-18(14)21-19(20(2)3)17-12-15-9-5-6-10-16(15)13-17;3-1(4)2(5)6/h4-12,19H,13H2,1-3H3;(H,3,4)(H,5,6). The largest absolute Gasteiger partial charge is 0.473 e. The lowest BCUT2D eigenvalue weighted by Crippen LogP contribution is -2.35. The average Bonchev–Trinajstić information content (AvgIpc) is 3.04. The van der Waals surface area contributed by atoms with Crippen LogP contribution in [0, 0.1) is 6.92 Å². The molecule has 0 heterocycles. The molecule has 1 unspecified atom stereocenters. The maximum atomic E-state index is 9.10. The van der Waals surface area contributed by atoms with Crippen molar-refractivity contribution >= 4 is 18.0 Å². The molecule has 1 atom stereocenters. The molecule has 0 fully saturated rings. The SMILES string of the molecule is Cc1ccccc1OC(C1=Cc2ccccc2C1)N(C)C.O=C(O)C(=O)O. The van der Waals surface area contributed by atoms with Gasteiger partial charge in [0.1, 0.15) is 5.75 Å². The topological polar surface area (TPSA) is 87.1 Å². The van der Waals surface area contributed by atoms with Gasteiger partial charge in [0.2, 0.25) is 0 Å². The number of hydrogen-bond acceptors (Lipinski definition) is 4. The number of rotatable bonds is 4. The molecule has 0 saturated carbocycles. The van der Waals surface area contributed by atoms with E-state index in [-0.39, 0.29) is 6.23 Å². The molecule has 3 rings (SSSR count). The van der Waals surface area contributed by atoms with Crippen LogP contribution in [0.3, 0.4) is 0 Å². The molecule has 0 aromatic heterocycles. The summed E-state index contributed by atoms with van der Waals surface area (Å²) in [6.07, 6.45) is 3.20. The van der Waals surface area contributed by atoms with Crippen molar-refractivity contribution < 1.29 is 24.5 Å². The Morgan fingerprint density at radius 2 is 1.59 bits per heavy atom. The fourth-order valence-corrected chi connectivity index (χ4v) is 2.79. The number of ether oxygens (including phenoxy) is 1. The van der Waals surface area contributed by atoms with Gasteiger partial charge in [-0.15, -0.1) is 0 Å². The Bertz CT molecular complexity index is 845. The molecular formula is C21H23NO5. The highest BCUT2D eigenvalue weighted by molar-refractivity contribution is 6.27. The molecule has 2 aromatic rings. The number of benzene rings is 2. The van der Waals surface area contributed by atoms with Gasteiger partial charge in [0, 0.05) is 0 Å². The van der Waals surface area contributed by atoms with Gasteiger partial charge in [-0.1, -0.05) is 48.5 Å². The molecule has 0 amide bonds. The predicted molar refractivity (Wildman–Crippen MR) is 103 cm³/mol. The Morgan fingerprint density at radius 3 is 2.15 bits per heavy atom. The van der Waals surface area contributed by atoms with E-state index in [1.54, 1.807) is 0 Å². The first kappa shape index (κ1) is 20.2. The minimum absolute atomic E-state index is 0.0292. The molecule has 1 aliphatic carbocycles. The summed E-state index contributed by atoms with van der Waals surface area (Å²) in [5.74, 6) is -2.70. The van der Waals surface area contributed by atoms with Crippen molar-refractivity contribution in [3.8, 4) is 5.75 Å². The third-order valence-corrected chi connectivity index (χ3v) is 4.09. The number of fused-ring (bicyclic) bond motifs is 1. The second kappa shape index (κ2) is 9.00. The molecule has 0 spiro atoms. The molecule has 142 valence electrons. The summed E-state index contributed by atoms with van der Waals surface area (Å²) in [6, 6.07) is 16.7. The van der Waals surface area contributed by atoms with E-state index in [9.17, 15) is 0 Å². The van der Waals surface area contributed by atoms with Crippen LogP contribution in [0.1, 0.15) is 16.7 Å². The smallest absolute Gasteiger partial charge is 0.414 e. The van der Waals surface area contributed by atoms with E-state index < -0.39 is 11.9 Å². The van der Waals surface area contributed by atoms with Crippen molar-refractivity contribution in [2.75, 3.05) is 14.1 Å². The van der Waals surface area contributed by atoms with Crippen molar-refractivity contribution in [1.29, 1.82) is 0 Å². The zero-order valence-electron chi connectivity index (χ0n) is 15.5. The molecule has 27 heavy (non-hydrogen) atoms. The molecule has 1 aliphatic rings. The van der Waals surface area contributed by atoms with Crippen LogP contribution in [0.4, 0.5) is 0 Å². The van der Waals surface area contributed by atoms with Crippen LogP contribution >= 0.6 is 0 Å². The van der Waals surface area contributed by atoms with Gasteiger partial charge in [-0.05, 0) is 55.8 Å². The van der Waals surface area contributed by atoms with Crippen molar-refractivity contribution in [1.82, 2.24) is 4.90 Å². The van der Waals surface area contributed by atoms with Gasteiger partial charge in [-0.2, -0.15) is 0 Å². The van der Waals surface area contributed by atoms with Crippen LogP contribution in [0.2, 0.25) is 0 Å². The Hall–Kier alpha value is -3.12. The van der Waals surface area contributed by atoms with Gasteiger partial charge in [-0.25, -0.2) is 9.59 Å². The lowest BCUT2D eigenvalue weighted by molar-refractivity contribution is -0.159. The average molecular weight is 369 g/mol. The zero-order chi connectivity index (χ0) is 20.0. The normalized spacial score (nSPS) is 13.1. The van der Waals surface area contributed by atoms with E-state index in [1.807, 2.05) is 18.2 Å². The predicted octanol–water partition coefficient (Wildman–Crippen LogP) is 3.06. The van der Waals surface area contributed by atoms with E-state index >= 15 is 0 Å². The lowest BCUT2D eigenvalue weighted by atomic mass is 10.1. The summed E-state index contributed by atoms with van der Waals surface area (Å²) in [4.78, 5) is 20.3. The minimum Gasteiger partial charge on any atom is -0.473 e. The highest BCUT2D eigenvalue weighted by atomic mass is 16.5. The van der Waals surface area contributed by atoms with Gasteiger partial charge < -0.3 is 14.9 Å². The lowest BCUT2D eigenvalue weighted by Gasteiger charge is -2.27. The van der Waals surface area contributed by atoms with Gasteiger partial charge in [-0.3, -0.25) is 4.90 Å². The highest BCUT2D eigenvalue weighted by Crippen LogP contribution is 2.30. The number of aryl methyl sites for hydroxylation is 1. The van der Waals surface area contributed by atoms with Crippen LogP contribution in [0.5, 0.6) is 5.75 Å². The van der Waals surface area contributed by atoms with E-state index in [1.165, 1.54) is 22.3 Å². The number of para-hydroxylation sites is 1. The van der Waals surface area contributed by atoms with E-state index in [2.05, 4.69) is 62.3 Å². The quantitative estimate of drug-likeness (QED) is 0.636. The highest BCUT2D eigenvalue weighted by Gasteiger charge is 2.24. The van der Waals surface area contributed by atoms with Crippen LogP contribution in [0.25, 0.3) is 6.08 Å². The van der Waals surface area contributed by atoms with Crippen LogP contribution in [0.15, 0.2) is 54.1 Å². The molecule has 6 nitrogen and oxygen atoms in total. The fraction of sp³-hybridized carbons (Fsp3) is 0.238. The van der Waals surface area contributed by atoms with E-state index in [0.717, 1.165) is 12.2 Å². The molecule has 0 bridgehead atoms. The zero-order valence-corrected chi connectivity index (χ0v) is 15.5. The number of carbonyl (C=O) groups is 2.